The minimum atomic E-state index is -1.17. The standard InChI is InChI=1S/C12H11N3O4/c1-7-13-10(15-19-7)11(16)14-9(12(17)18)8-5-3-2-4-6-8/h2-6,9H,1H3,(H,14,16)(H,17,18). The van der Waals surface area contributed by atoms with Crippen LogP contribution in [0, 0.1) is 6.92 Å². The first-order valence-corrected chi connectivity index (χ1v) is 5.47. The van der Waals surface area contributed by atoms with Gasteiger partial charge in [-0.25, -0.2) is 4.79 Å². The Balaban J connectivity index is 2.18. The van der Waals surface area contributed by atoms with E-state index in [0.29, 0.717) is 5.56 Å². The summed E-state index contributed by atoms with van der Waals surface area (Å²) in [4.78, 5) is 26.7. The molecule has 2 aromatic rings. The fourth-order valence-electron chi connectivity index (χ4n) is 1.52. The van der Waals surface area contributed by atoms with Gasteiger partial charge in [-0.05, 0) is 5.56 Å². The molecule has 0 aliphatic rings. The number of nitrogens with zero attached hydrogens (tertiary/aromatic N) is 2. The lowest BCUT2D eigenvalue weighted by molar-refractivity contribution is -0.139. The van der Waals surface area contributed by atoms with Crippen LogP contribution in [0.15, 0.2) is 34.9 Å². The van der Waals surface area contributed by atoms with E-state index in [0.717, 1.165) is 0 Å². The van der Waals surface area contributed by atoms with Crippen LogP contribution in [0.4, 0.5) is 0 Å². The Morgan fingerprint density at radius 3 is 2.53 bits per heavy atom. The lowest BCUT2D eigenvalue weighted by Crippen LogP contribution is -2.34. The molecule has 1 aromatic carbocycles. The molecule has 0 saturated heterocycles. The van der Waals surface area contributed by atoms with Gasteiger partial charge in [-0.1, -0.05) is 35.5 Å². The maximum absolute atomic E-state index is 11.8. The number of benzene rings is 1. The first kappa shape index (κ1) is 12.7. The van der Waals surface area contributed by atoms with Crippen LogP contribution < -0.4 is 5.32 Å². The summed E-state index contributed by atoms with van der Waals surface area (Å²) in [6, 6.07) is 7.20. The highest BCUT2D eigenvalue weighted by atomic mass is 16.5. The van der Waals surface area contributed by atoms with E-state index in [4.69, 9.17) is 5.11 Å². The summed E-state index contributed by atoms with van der Waals surface area (Å²) < 4.78 is 4.66. The third-order valence-electron chi connectivity index (χ3n) is 2.39. The Bertz CT molecular complexity index is 594. The largest absolute Gasteiger partial charge is 0.479 e. The average molecular weight is 261 g/mol. The van der Waals surface area contributed by atoms with E-state index in [-0.39, 0.29) is 11.7 Å². The first-order chi connectivity index (χ1) is 9.08. The summed E-state index contributed by atoms with van der Waals surface area (Å²) >= 11 is 0. The third-order valence-corrected chi connectivity index (χ3v) is 2.39. The van der Waals surface area contributed by atoms with Crippen LogP contribution in [0.25, 0.3) is 0 Å². The molecule has 7 heteroatoms. The Hall–Kier alpha value is -2.70. The highest BCUT2D eigenvalue weighted by Crippen LogP contribution is 2.13. The first-order valence-electron chi connectivity index (χ1n) is 5.47. The van der Waals surface area contributed by atoms with Gasteiger partial charge < -0.3 is 14.9 Å². The molecule has 1 aromatic heterocycles. The van der Waals surface area contributed by atoms with Crippen LogP contribution >= 0.6 is 0 Å². The van der Waals surface area contributed by atoms with Crippen molar-refractivity contribution in [3.05, 3.63) is 47.6 Å². The normalized spacial score (nSPS) is 11.8. The van der Waals surface area contributed by atoms with Crippen LogP contribution in [-0.4, -0.2) is 27.1 Å². The number of hydrogen-bond donors (Lipinski definition) is 2. The summed E-state index contributed by atoms with van der Waals surface area (Å²) in [6.45, 7) is 1.54. The minimum absolute atomic E-state index is 0.195. The highest BCUT2D eigenvalue weighted by molar-refractivity contribution is 5.93. The van der Waals surface area contributed by atoms with Crippen molar-refractivity contribution in [3.63, 3.8) is 0 Å². The molecular weight excluding hydrogens is 250 g/mol. The van der Waals surface area contributed by atoms with E-state index < -0.39 is 17.9 Å². The van der Waals surface area contributed by atoms with E-state index in [1.54, 1.807) is 30.3 Å². The quantitative estimate of drug-likeness (QED) is 0.848. The number of rotatable bonds is 4. The molecule has 7 nitrogen and oxygen atoms in total. The predicted molar refractivity (Wildman–Crippen MR) is 63.3 cm³/mol. The van der Waals surface area contributed by atoms with E-state index in [2.05, 4.69) is 20.0 Å². The van der Waals surface area contributed by atoms with Gasteiger partial charge in [-0.3, -0.25) is 4.79 Å². The zero-order valence-corrected chi connectivity index (χ0v) is 10.0. The smallest absolute Gasteiger partial charge is 0.330 e. The van der Waals surface area contributed by atoms with Crippen molar-refractivity contribution < 1.29 is 19.2 Å². The van der Waals surface area contributed by atoms with E-state index >= 15 is 0 Å². The average Bonchev–Trinajstić information content (AvgIpc) is 2.83. The molecular formula is C12H11N3O4. The Morgan fingerprint density at radius 1 is 1.32 bits per heavy atom. The number of hydrogen-bond acceptors (Lipinski definition) is 5. The Kier molecular flexibility index (Phi) is 3.56. The van der Waals surface area contributed by atoms with Crippen LogP contribution in [-0.2, 0) is 4.79 Å². The zero-order valence-electron chi connectivity index (χ0n) is 10.0. The fourth-order valence-corrected chi connectivity index (χ4v) is 1.52. The number of aryl methyl sites for hydroxylation is 1. The van der Waals surface area contributed by atoms with Gasteiger partial charge >= 0.3 is 5.97 Å². The Morgan fingerprint density at radius 2 is 2.00 bits per heavy atom. The molecule has 1 unspecified atom stereocenters. The lowest BCUT2D eigenvalue weighted by atomic mass is 10.1. The maximum Gasteiger partial charge on any atom is 0.330 e. The van der Waals surface area contributed by atoms with Crippen molar-refractivity contribution in [2.45, 2.75) is 13.0 Å². The molecule has 19 heavy (non-hydrogen) atoms. The van der Waals surface area contributed by atoms with E-state index in [1.807, 2.05) is 0 Å². The number of aromatic nitrogens is 2. The monoisotopic (exact) mass is 261 g/mol. The van der Waals surface area contributed by atoms with E-state index in [1.165, 1.54) is 6.92 Å². The summed E-state index contributed by atoms with van der Waals surface area (Å²) in [5.41, 5.74) is 0.462. The van der Waals surface area contributed by atoms with Gasteiger partial charge in [0.05, 0.1) is 0 Å². The topological polar surface area (TPSA) is 105 Å². The Labute approximate surface area is 108 Å². The molecule has 98 valence electrons. The molecule has 0 bridgehead atoms. The second-order valence-electron chi connectivity index (χ2n) is 3.79. The summed E-state index contributed by atoms with van der Waals surface area (Å²) in [5, 5.41) is 14.9. The minimum Gasteiger partial charge on any atom is -0.479 e. The van der Waals surface area contributed by atoms with Crippen LogP contribution in [0.1, 0.15) is 28.1 Å². The van der Waals surface area contributed by atoms with Crippen molar-refractivity contribution >= 4 is 11.9 Å². The predicted octanol–water partition coefficient (Wildman–Crippen LogP) is 0.934. The maximum atomic E-state index is 11.8. The molecule has 0 spiro atoms. The molecule has 0 radical (unpaired) electrons. The van der Waals surface area contributed by atoms with Gasteiger partial charge in [0, 0.05) is 6.92 Å². The number of amides is 1. The van der Waals surface area contributed by atoms with Gasteiger partial charge in [0.15, 0.2) is 6.04 Å². The molecule has 0 aliphatic heterocycles. The zero-order chi connectivity index (χ0) is 13.8. The summed E-state index contributed by atoms with van der Waals surface area (Å²) in [5.74, 6) is -1.83. The molecule has 0 fully saturated rings. The molecule has 1 amide bonds. The van der Waals surface area contributed by atoms with Gasteiger partial charge in [0.2, 0.25) is 5.89 Å². The SMILES string of the molecule is Cc1nc(C(=O)NC(C(=O)O)c2ccccc2)no1. The van der Waals surface area contributed by atoms with Gasteiger partial charge in [-0.15, -0.1) is 0 Å². The lowest BCUT2D eigenvalue weighted by Gasteiger charge is -2.13. The van der Waals surface area contributed by atoms with Crippen LogP contribution in [0.2, 0.25) is 0 Å². The molecule has 0 aliphatic carbocycles. The number of nitrogens with one attached hydrogen (secondary N) is 1. The van der Waals surface area contributed by atoms with Gasteiger partial charge in [0.1, 0.15) is 0 Å². The van der Waals surface area contributed by atoms with E-state index in [9.17, 15) is 9.59 Å². The molecule has 2 rings (SSSR count). The number of carbonyl (C=O) groups is 2. The van der Waals surface area contributed by atoms with Gasteiger partial charge in [0.25, 0.3) is 11.7 Å². The number of carboxylic acids is 1. The van der Waals surface area contributed by atoms with Crippen molar-refractivity contribution in [1.29, 1.82) is 0 Å². The van der Waals surface area contributed by atoms with Crippen molar-refractivity contribution in [2.24, 2.45) is 0 Å². The van der Waals surface area contributed by atoms with Gasteiger partial charge in [-0.2, -0.15) is 4.98 Å². The van der Waals surface area contributed by atoms with Crippen molar-refractivity contribution in [2.75, 3.05) is 0 Å². The molecule has 0 saturated carbocycles. The number of carboxylic acid groups (broad SMARTS) is 1. The summed E-state index contributed by atoms with van der Waals surface area (Å²) in [6.07, 6.45) is 0. The fraction of sp³-hybridized carbons (Fsp3) is 0.167. The molecule has 1 atom stereocenters. The van der Waals surface area contributed by atoms with Crippen molar-refractivity contribution in [1.82, 2.24) is 15.5 Å². The second kappa shape index (κ2) is 5.30. The van der Waals surface area contributed by atoms with Crippen LogP contribution in [0.3, 0.4) is 0 Å². The highest BCUT2D eigenvalue weighted by Gasteiger charge is 2.24. The molecule has 2 N–H and O–H groups in total. The van der Waals surface area contributed by atoms with Crippen LogP contribution in [0.5, 0.6) is 0 Å². The number of carbonyl (C=O) groups excluding carboxylic acids is 1. The number of aliphatic carboxylic acids is 1. The molecule has 1 heterocycles. The third kappa shape index (κ3) is 2.95. The summed E-state index contributed by atoms with van der Waals surface area (Å²) in [7, 11) is 0. The second-order valence-corrected chi connectivity index (χ2v) is 3.79. The van der Waals surface area contributed by atoms with Crippen molar-refractivity contribution in [3.8, 4) is 0 Å².